The highest BCUT2D eigenvalue weighted by Crippen LogP contribution is 2.31. The number of nitrogens with zero attached hydrogens (tertiary/aromatic N) is 3. The number of fused-ring (bicyclic) bond motifs is 1. The maximum Gasteiger partial charge on any atom is 0.398 e. The largest absolute Gasteiger partial charge is 0.398 e. The van der Waals surface area contributed by atoms with Gasteiger partial charge in [0, 0.05) is 46.8 Å². The number of rotatable bonds is 5. The monoisotopic (exact) mass is 502 g/mol. The molecule has 0 fully saturated rings. The van der Waals surface area contributed by atoms with Crippen molar-refractivity contribution in [3.05, 3.63) is 81.7 Å². The fourth-order valence-corrected chi connectivity index (χ4v) is 4.20. The summed E-state index contributed by atoms with van der Waals surface area (Å²) in [5.74, 6) is -1.08. The molecule has 0 saturated heterocycles. The van der Waals surface area contributed by atoms with Crippen LogP contribution in [-0.4, -0.2) is 34.7 Å². The van der Waals surface area contributed by atoms with Crippen LogP contribution in [0, 0.1) is 0 Å². The molecule has 10 heteroatoms. The number of aromatic nitrogens is 2. The van der Waals surface area contributed by atoms with Crippen LogP contribution in [0.25, 0.3) is 27.7 Å². The number of pyridine rings is 2. The molecule has 2 aromatic heterocycles. The number of halogens is 4. The van der Waals surface area contributed by atoms with E-state index in [1.807, 2.05) is 0 Å². The molecule has 0 spiro atoms. The van der Waals surface area contributed by atoms with Crippen LogP contribution in [0.4, 0.5) is 18.9 Å². The van der Waals surface area contributed by atoms with Crippen molar-refractivity contribution < 1.29 is 13.2 Å². The van der Waals surface area contributed by atoms with Crippen molar-refractivity contribution in [1.29, 1.82) is 0 Å². The van der Waals surface area contributed by atoms with Crippen LogP contribution in [0.5, 0.6) is 0 Å². The zero-order valence-corrected chi connectivity index (χ0v) is 19.4. The Hall–Kier alpha value is -3.30. The fraction of sp³-hybridized carbons (Fsp3) is 0.125. The molecule has 2 heterocycles. The van der Waals surface area contributed by atoms with Crippen molar-refractivity contribution in [2.45, 2.75) is 11.2 Å². The second kappa shape index (κ2) is 9.52. The van der Waals surface area contributed by atoms with Gasteiger partial charge >= 0.3 is 6.18 Å². The molecule has 0 amide bonds. The van der Waals surface area contributed by atoms with Gasteiger partial charge in [-0.3, -0.25) is 14.4 Å². The normalized spacial score (nSPS) is 12.0. The molecule has 174 valence electrons. The SMILES string of the molecule is CN=Cc1cc(-n2cc3ccc(SCC(F)(F)F)nc3c(-c3ccc(Cl)cc3)c2=O)ccc1N. The second-order valence-corrected chi connectivity index (χ2v) is 8.81. The predicted molar refractivity (Wildman–Crippen MR) is 132 cm³/mol. The summed E-state index contributed by atoms with van der Waals surface area (Å²) in [5.41, 5.74) is 8.45. The van der Waals surface area contributed by atoms with Gasteiger partial charge in [0.1, 0.15) is 0 Å². The van der Waals surface area contributed by atoms with Crippen molar-refractivity contribution in [2.24, 2.45) is 4.99 Å². The maximum absolute atomic E-state index is 13.7. The molecule has 34 heavy (non-hydrogen) atoms. The van der Waals surface area contributed by atoms with Crippen molar-refractivity contribution in [2.75, 3.05) is 18.5 Å². The first-order valence-electron chi connectivity index (χ1n) is 10.0. The maximum atomic E-state index is 13.7. The zero-order chi connectivity index (χ0) is 24.5. The molecule has 4 rings (SSSR count). The van der Waals surface area contributed by atoms with E-state index >= 15 is 0 Å². The van der Waals surface area contributed by atoms with E-state index < -0.39 is 11.9 Å². The van der Waals surface area contributed by atoms with E-state index in [9.17, 15) is 18.0 Å². The molecule has 0 saturated carbocycles. The molecule has 2 aromatic carbocycles. The van der Waals surface area contributed by atoms with Gasteiger partial charge in [-0.25, -0.2) is 4.98 Å². The molecule has 0 radical (unpaired) electrons. The van der Waals surface area contributed by atoms with Crippen molar-refractivity contribution in [1.82, 2.24) is 9.55 Å². The van der Waals surface area contributed by atoms with E-state index in [4.69, 9.17) is 17.3 Å². The molecule has 0 aliphatic rings. The predicted octanol–water partition coefficient (Wildman–Crippen LogP) is 5.99. The van der Waals surface area contributed by atoms with Gasteiger partial charge in [-0.2, -0.15) is 13.2 Å². The minimum atomic E-state index is -4.33. The number of aliphatic imine (C=N–C) groups is 1. The fourth-order valence-electron chi connectivity index (χ4n) is 3.44. The highest BCUT2D eigenvalue weighted by molar-refractivity contribution is 7.99. The molecule has 0 atom stereocenters. The number of hydrogen-bond acceptors (Lipinski definition) is 5. The minimum Gasteiger partial charge on any atom is -0.398 e. The number of nitrogen functional groups attached to an aromatic ring is 1. The highest BCUT2D eigenvalue weighted by Gasteiger charge is 2.27. The van der Waals surface area contributed by atoms with E-state index in [0.717, 1.165) is 0 Å². The van der Waals surface area contributed by atoms with Gasteiger partial charge in [0.25, 0.3) is 5.56 Å². The van der Waals surface area contributed by atoms with E-state index in [1.54, 1.807) is 68.0 Å². The summed E-state index contributed by atoms with van der Waals surface area (Å²) in [6, 6.07) is 14.9. The minimum absolute atomic E-state index is 0.172. The first-order valence-corrected chi connectivity index (χ1v) is 11.4. The first kappa shape index (κ1) is 23.8. The second-order valence-electron chi connectivity index (χ2n) is 7.38. The summed E-state index contributed by atoms with van der Waals surface area (Å²) >= 11 is 6.59. The van der Waals surface area contributed by atoms with Crippen molar-refractivity contribution in [3.8, 4) is 16.8 Å². The lowest BCUT2D eigenvalue weighted by Crippen LogP contribution is -2.21. The number of nitrogens with two attached hydrogens (primary N) is 1. The zero-order valence-electron chi connectivity index (χ0n) is 17.8. The third-order valence-electron chi connectivity index (χ3n) is 4.97. The van der Waals surface area contributed by atoms with Crippen LogP contribution in [0.3, 0.4) is 0 Å². The van der Waals surface area contributed by atoms with Gasteiger partial charge in [-0.1, -0.05) is 35.5 Å². The first-order chi connectivity index (χ1) is 16.2. The molecular weight excluding hydrogens is 485 g/mol. The summed E-state index contributed by atoms with van der Waals surface area (Å²) in [5, 5.41) is 1.25. The molecule has 4 aromatic rings. The third-order valence-corrected chi connectivity index (χ3v) is 6.22. The molecular formula is C24H18ClF3N4OS. The lowest BCUT2D eigenvalue weighted by atomic mass is 10.0. The Labute approximate surface area is 202 Å². The average Bonchev–Trinajstić information content (AvgIpc) is 2.79. The number of hydrogen-bond donors (Lipinski definition) is 1. The van der Waals surface area contributed by atoms with Gasteiger partial charge in [0.2, 0.25) is 0 Å². The van der Waals surface area contributed by atoms with Crippen LogP contribution in [0.15, 0.2) is 75.6 Å². The molecule has 2 N–H and O–H groups in total. The lowest BCUT2D eigenvalue weighted by molar-refractivity contribution is -0.105. The van der Waals surface area contributed by atoms with Crippen LogP contribution >= 0.6 is 23.4 Å². The summed E-state index contributed by atoms with van der Waals surface area (Å²) in [6.07, 6.45) is -1.13. The molecule has 0 aliphatic heterocycles. The molecule has 0 unspecified atom stereocenters. The van der Waals surface area contributed by atoms with E-state index in [0.29, 0.717) is 50.2 Å². The standard InChI is InChI=1S/C24H18ClF3N4OS/c1-30-11-16-10-18(7-8-19(16)29)32-12-15-4-9-20(34-13-24(26,27)28)31-22(15)21(23(32)33)14-2-5-17(25)6-3-14/h2-12H,13,29H2,1H3. The molecule has 0 aliphatic carbocycles. The lowest BCUT2D eigenvalue weighted by Gasteiger charge is -2.14. The topological polar surface area (TPSA) is 73.3 Å². The van der Waals surface area contributed by atoms with Gasteiger partial charge in [-0.05, 0) is 48.0 Å². The average molecular weight is 503 g/mol. The number of benzene rings is 2. The summed E-state index contributed by atoms with van der Waals surface area (Å²) < 4.78 is 39.6. The molecule has 0 bridgehead atoms. The van der Waals surface area contributed by atoms with E-state index in [-0.39, 0.29) is 16.1 Å². The summed E-state index contributed by atoms with van der Waals surface area (Å²) in [6.45, 7) is 0. The number of anilines is 1. The highest BCUT2D eigenvalue weighted by atomic mass is 35.5. The number of alkyl halides is 3. The van der Waals surface area contributed by atoms with Crippen LogP contribution in [0.1, 0.15) is 5.56 Å². The Morgan fingerprint density at radius 1 is 1.15 bits per heavy atom. The smallest absolute Gasteiger partial charge is 0.398 e. The third kappa shape index (κ3) is 5.10. The van der Waals surface area contributed by atoms with Crippen molar-refractivity contribution in [3.63, 3.8) is 0 Å². The Kier molecular flexibility index (Phi) is 6.67. The quantitative estimate of drug-likeness (QED) is 0.207. The van der Waals surface area contributed by atoms with Gasteiger partial charge in [0.15, 0.2) is 0 Å². The van der Waals surface area contributed by atoms with Gasteiger partial charge in [0.05, 0.1) is 21.9 Å². The Morgan fingerprint density at radius 3 is 2.56 bits per heavy atom. The van der Waals surface area contributed by atoms with Crippen LogP contribution in [-0.2, 0) is 0 Å². The Morgan fingerprint density at radius 2 is 1.88 bits per heavy atom. The summed E-state index contributed by atoms with van der Waals surface area (Å²) in [7, 11) is 1.62. The molecule has 5 nitrogen and oxygen atoms in total. The van der Waals surface area contributed by atoms with Crippen molar-refractivity contribution >= 4 is 46.2 Å². The Bertz CT molecular complexity index is 1450. The van der Waals surface area contributed by atoms with Gasteiger partial charge in [-0.15, -0.1) is 0 Å². The van der Waals surface area contributed by atoms with E-state index in [1.165, 1.54) is 10.6 Å². The van der Waals surface area contributed by atoms with Gasteiger partial charge < -0.3 is 5.73 Å². The van der Waals surface area contributed by atoms with Crippen LogP contribution in [0.2, 0.25) is 5.02 Å². The summed E-state index contributed by atoms with van der Waals surface area (Å²) in [4.78, 5) is 22.1. The van der Waals surface area contributed by atoms with E-state index in [2.05, 4.69) is 9.98 Å². The number of thioether (sulfide) groups is 1. The van der Waals surface area contributed by atoms with Crippen LogP contribution < -0.4 is 11.3 Å². The Balaban J connectivity index is 1.96.